The number of aryl methyl sites for hydroxylation is 2. The van der Waals surface area contributed by atoms with Crippen LogP contribution in [0.25, 0.3) is 0 Å². The van der Waals surface area contributed by atoms with Gasteiger partial charge in [-0.15, -0.1) is 11.3 Å². The lowest BCUT2D eigenvalue weighted by Gasteiger charge is -2.08. The molecule has 0 spiro atoms. The van der Waals surface area contributed by atoms with E-state index in [1.54, 1.807) is 11.3 Å². The number of carbonyl (C=O) groups is 1. The van der Waals surface area contributed by atoms with Gasteiger partial charge in [-0.05, 0) is 61.4 Å². The quantitative estimate of drug-likeness (QED) is 0.876. The average molecular weight is 288 g/mol. The molecule has 1 aromatic heterocycles. The molecule has 0 atom stereocenters. The minimum absolute atomic E-state index is 0.153. The van der Waals surface area contributed by atoms with Crippen LogP contribution in [-0.2, 0) is 6.42 Å². The van der Waals surface area contributed by atoms with E-state index in [4.69, 9.17) is 0 Å². The van der Waals surface area contributed by atoms with E-state index in [0.717, 1.165) is 17.7 Å². The first-order valence-corrected chi connectivity index (χ1v) is 7.59. The van der Waals surface area contributed by atoms with Crippen LogP contribution in [0.15, 0.2) is 29.6 Å². The number of amides is 2. The van der Waals surface area contributed by atoms with Gasteiger partial charge in [0, 0.05) is 17.1 Å². The fourth-order valence-electron chi connectivity index (χ4n) is 2.02. The monoisotopic (exact) mass is 288 g/mol. The van der Waals surface area contributed by atoms with E-state index in [1.807, 2.05) is 31.2 Å². The molecule has 0 aliphatic heterocycles. The lowest BCUT2D eigenvalue weighted by Crippen LogP contribution is -2.30. The van der Waals surface area contributed by atoms with Crippen molar-refractivity contribution >= 4 is 23.1 Å². The van der Waals surface area contributed by atoms with Crippen LogP contribution in [0.4, 0.5) is 10.5 Å². The van der Waals surface area contributed by atoms with Gasteiger partial charge >= 0.3 is 6.03 Å². The number of nitrogens with one attached hydrogen (secondary N) is 2. The second-order valence-corrected chi connectivity index (χ2v) is 6.03. The summed E-state index contributed by atoms with van der Waals surface area (Å²) in [5.74, 6) is 0. The predicted octanol–water partition coefficient (Wildman–Crippen LogP) is 4.04. The first-order valence-electron chi connectivity index (χ1n) is 6.71. The smallest absolute Gasteiger partial charge is 0.319 e. The van der Waals surface area contributed by atoms with Crippen molar-refractivity contribution in [3.05, 3.63) is 51.2 Å². The van der Waals surface area contributed by atoms with Crippen molar-refractivity contribution in [2.75, 3.05) is 11.9 Å². The molecule has 0 unspecified atom stereocenters. The standard InChI is InChI=1S/C16H20N2OS/c1-11-5-4-6-15(9-11)18-16(19)17-8-7-14-10-20-13(3)12(14)2/h4-6,9-10H,7-8H2,1-3H3,(H2,17,18,19). The van der Waals surface area contributed by atoms with E-state index < -0.39 is 0 Å². The molecule has 0 bridgehead atoms. The molecule has 0 aliphatic carbocycles. The fraction of sp³-hybridized carbons (Fsp3) is 0.312. The third kappa shape index (κ3) is 3.84. The zero-order valence-corrected chi connectivity index (χ0v) is 12.9. The highest BCUT2D eigenvalue weighted by Gasteiger charge is 2.05. The lowest BCUT2D eigenvalue weighted by molar-refractivity contribution is 0.252. The largest absolute Gasteiger partial charge is 0.338 e. The van der Waals surface area contributed by atoms with Gasteiger partial charge in [0.1, 0.15) is 0 Å². The summed E-state index contributed by atoms with van der Waals surface area (Å²) in [6, 6.07) is 7.62. The molecule has 0 radical (unpaired) electrons. The summed E-state index contributed by atoms with van der Waals surface area (Å²) in [7, 11) is 0. The van der Waals surface area contributed by atoms with Gasteiger partial charge in [0.15, 0.2) is 0 Å². The zero-order valence-electron chi connectivity index (χ0n) is 12.1. The molecule has 0 aliphatic rings. The molecular formula is C16H20N2OS. The van der Waals surface area contributed by atoms with Crippen molar-refractivity contribution in [1.82, 2.24) is 5.32 Å². The van der Waals surface area contributed by atoms with Gasteiger partial charge in [0.25, 0.3) is 0 Å². The number of thiophene rings is 1. The molecule has 4 heteroatoms. The van der Waals surface area contributed by atoms with Crippen LogP contribution in [0.1, 0.15) is 21.6 Å². The van der Waals surface area contributed by atoms with E-state index in [0.29, 0.717) is 6.54 Å². The predicted molar refractivity (Wildman–Crippen MR) is 85.7 cm³/mol. The summed E-state index contributed by atoms with van der Waals surface area (Å²) in [5, 5.41) is 7.90. The maximum atomic E-state index is 11.8. The molecule has 0 saturated heterocycles. The van der Waals surface area contributed by atoms with Crippen LogP contribution < -0.4 is 10.6 Å². The molecule has 2 amide bonds. The normalized spacial score (nSPS) is 10.3. The second kappa shape index (κ2) is 6.57. The minimum Gasteiger partial charge on any atom is -0.338 e. The van der Waals surface area contributed by atoms with Crippen molar-refractivity contribution < 1.29 is 4.79 Å². The van der Waals surface area contributed by atoms with E-state index in [-0.39, 0.29) is 6.03 Å². The third-order valence-electron chi connectivity index (χ3n) is 3.34. The Balaban J connectivity index is 1.80. The van der Waals surface area contributed by atoms with Gasteiger partial charge in [0.2, 0.25) is 0 Å². The van der Waals surface area contributed by atoms with Gasteiger partial charge in [0.05, 0.1) is 0 Å². The number of benzene rings is 1. The lowest BCUT2D eigenvalue weighted by atomic mass is 10.1. The number of rotatable bonds is 4. The fourth-order valence-corrected chi connectivity index (χ4v) is 2.94. The second-order valence-electron chi connectivity index (χ2n) is 4.94. The van der Waals surface area contributed by atoms with E-state index in [9.17, 15) is 4.79 Å². The summed E-state index contributed by atoms with van der Waals surface area (Å²) in [6.07, 6.45) is 0.872. The highest BCUT2D eigenvalue weighted by Crippen LogP contribution is 2.20. The molecular weight excluding hydrogens is 268 g/mol. The molecule has 1 heterocycles. The summed E-state index contributed by atoms with van der Waals surface area (Å²) in [6.45, 7) is 6.91. The molecule has 2 N–H and O–H groups in total. The molecule has 2 aromatic rings. The van der Waals surface area contributed by atoms with Crippen LogP contribution >= 0.6 is 11.3 Å². The van der Waals surface area contributed by atoms with Crippen molar-refractivity contribution in [1.29, 1.82) is 0 Å². The van der Waals surface area contributed by atoms with E-state index >= 15 is 0 Å². The molecule has 1 aromatic carbocycles. The van der Waals surface area contributed by atoms with Gasteiger partial charge in [-0.25, -0.2) is 4.79 Å². The Morgan fingerprint density at radius 1 is 1.25 bits per heavy atom. The highest BCUT2D eigenvalue weighted by molar-refractivity contribution is 7.10. The van der Waals surface area contributed by atoms with Crippen molar-refractivity contribution in [2.24, 2.45) is 0 Å². The van der Waals surface area contributed by atoms with Crippen LogP contribution in [0.2, 0.25) is 0 Å². The van der Waals surface area contributed by atoms with E-state index in [1.165, 1.54) is 16.0 Å². The zero-order chi connectivity index (χ0) is 14.5. The Bertz CT molecular complexity index is 604. The van der Waals surface area contributed by atoms with Gasteiger partial charge in [-0.2, -0.15) is 0 Å². The Morgan fingerprint density at radius 3 is 2.70 bits per heavy atom. The van der Waals surface area contributed by atoms with Crippen LogP contribution in [-0.4, -0.2) is 12.6 Å². The van der Waals surface area contributed by atoms with Crippen molar-refractivity contribution in [3.63, 3.8) is 0 Å². The Kier molecular flexibility index (Phi) is 4.79. The van der Waals surface area contributed by atoms with Crippen molar-refractivity contribution in [3.8, 4) is 0 Å². The number of hydrogen-bond acceptors (Lipinski definition) is 2. The Morgan fingerprint density at radius 2 is 2.05 bits per heavy atom. The molecule has 3 nitrogen and oxygen atoms in total. The SMILES string of the molecule is Cc1cccc(NC(=O)NCCc2csc(C)c2C)c1. The highest BCUT2D eigenvalue weighted by atomic mass is 32.1. The first-order chi connectivity index (χ1) is 9.56. The molecule has 106 valence electrons. The summed E-state index contributed by atoms with van der Waals surface area (Å²) in [5.41, 5.74) is 4.62. The van der Waals surface area contributed by atoms with Gasteiger partial charge in [-0.1, -0.05) is 12.1 Å². The van der Waals surface area contributed by atoms with E-state index in [2.05, 4.69) is 29.9 Å². The minimum atomic E-state index is -0.153. The average Bonchev–Trinajstić information content (AvgIpc) is 2.71. The van der Waals surface area contributed by atoms with Crippen LogP contribution in [0.3, 0.4) is 0 Å². The maximum Gasteiger partial charge on any atom is 0.319 e. The molecule has 2 rings (SSSR count). The third-order valence-corrected chi connectivity index (χ3v) is 4.41. The molecule has 20 heavy (non-hydrogen) atoms. The first kappa shape index (κ1) is 14.6. The molecule has 0 saturated carbocycles. The van der Waals surface area contributed by atoms with Gasteiger partial charge in [-0.3, -0.25) is 0 Å². The van der Waals surface area contributed by atoms with Crippen LogP contribution in [0.5, 0.6) is 0 Å². The summed E-state index contributed by atoms with van der Waals surface area (Å²) < 4.78 is 0. The summed E-state index contributed by atoms with van der Waals surface area (Å²) >= 11 is 1.77. The Hall–Kier alpha value is -1.81. The maximum absolute atomic E-state index is 11.8. The Labute approximate surface area is 124 Å². The number of anilines is 1. The number of hydrogen-bond donors (Lipinski definition) is 2. The van der Waals surface area contributed by atoms with Crippen LogP contribution in [0, 0.1) is 20.8 Å². The van der Waals surface area contributed by atoms with Gasteiger partial charge < -0.3 is 10.6 Å². The summed E-state index contributed by atoms with van der Waals surface area (Å²) in [4.78, 5) is 13.1. The number of urea groups is 1. The topological polar surface area (TPSA) is 41.1 Å². The molecule has 0 fully saturated rings. The van der Waals surface area contributed by atoms with Crippen molar-refractivity contribution in [2.45, 2.75) is 27.2 Å². The number of carbonyl (C=O) groups excluding carboxylic acids is 1.